The maximum atomic E-state index is 12.8. The lowest BCUT2D eigenvalue weighted by molar-refractivity contribution is -0.387. The van der Waals surface area contributed by atoms with Crippen LogP contribution in [0.15, 0.2) is 63.0 Å². The first-order chi connectivity index (χ1) is 19.1. The van der Waals surface area contributed by atoms with Crippen LogP contribution in [-0.4, -0.2) is 47.4 Å². The molecule has 2 heterocycles. The van der Waals surface area contributed by atoms with Gasteiger partial charge in [-0.1, -0.05) is 50.8 Å². The minimum absolute atomic E-state index is 0.000508. The molecule has 1 N–H and O–H groups in total. The van der Waals surface area contributed by atoms with Crippen LogP contribution < -0.4 is 8.92 Å². The normalized spacial score (nSPS) is 16.1. The van der Waals surface area contributed by atoms with Gasteiger partial charge < -0.3 is 8.92 Å². The van der Waals surface area contributed by atoms with Crippen molar-refractivity contribution in [1.82, 2.24) is 5.01 Å². The smallest absolute Gasteiger partial charge is 0.346 e. The molecule has 2 aliphatic heterocycles. The zero-order chi connectivity index (χ0) is 28.9. The summed E-state index contributed by atoms with van der Waals surface area (Å²) >= 11 is 1.29. The number of carbonyl (C=O) groups is 1. The van der Waals surface area contributed by atoms with Crippen LogP contribution in [0, 0.1) is 15.5 Å². The fourth-order valence-electron chi connectivity index (χ4n) is 4.00. The number of thioether (sulfide) groups is 1. The highest BCUT2D eigenvalue weighted by Crippen LogP contribution is 2.35. The van der Waals surface area contributed by atoms with E-state index in [2.05, 4.69) is 17.0 Å². The zero-order valence-electron chi connectivity index (χ0n) is 21.8. The van der Waals surface area contributed by atoms with Crippen LogP contribution in [0.1, 0.15) is 51.0 Å². The number of hydrogen-bond donors (Lipinski definition) is 1. The van der Waals surface area contributed by atoms with Gasteiger partial charge in [-0.2, -0.15) is 23.5 Å². The summed E-state index contributed by atoms with van der Waals surface area (Å²) in [4.78, 5) is 26.7. The Morgan fingerprint density at radius 2 is 1.88 bits per heavy atom. The van der Waals surface area contributed by atoms with Crippen LogP contribution in [0.2, 0.25) is 0 Å². The van der Waals surface area contributed by atoms with Crippen molar-refractivity contribution in [3.8, 4) is 11.5 Å². The number of amidine groups is 2. The van der Waals surface area contributed by atoms with Crippen LogP contribution in [0.25, 0.3) is 6.08 Å². The van der Waals surface area contributed by atoms with E-state index in [9.17, 15) is 23.3 Å². The highest BCUT2D eigenvalue weighted by atomic mass is 32.2. The highest BCUT2D eigenvalue weighted by Gasteiger charge is 2.35. The summed E-state index contributed by atoms with van der Waals surface area (Å²) < 4.78 is 36.1. The molecule has 14 heteroatoms. The van der Waals surface area contributed by atoms with Crippen molar-refractivity contribution in [3.63, 3.8) is 0 Å². The highest BCUT2D eigenvalue weighted by molar-refractivity contribution is 8.26. The molecule has 0 fully saturated rings. The van der Waals surface area contributed by atoms with Gasteiger partial charge in [0.2, 0.25) is 5.17 Å². The van der Waals surface area contributed by atoms with E-state index in [0.29, 0.717) is 10.7 Å². The minimum atomic E-state index is -4.57. The molecule has 0 saturated heterocycles. The second-order valence-electron chi connectivity index (χ2n) is 8.85. The van der Waals surface area contributed by atoms with Crippen molar-refractivity contribution < 1.29 is 27.1 Å². The number of fused-ring (bicyclic) bond motifs is 1. The van der Waals surface area contributed by atoms with Gasteiger partial charge in [-0.15, -0.1) is 0 Å². The SMILES string of the molecule is CCCCCCCC1=NN2C(=N)/C(=C/c3ccc(OS(=O)(=O)c4ccccc4[N+](=O)[O-])c(OC)c3)C(=O)N=C2S1. The molecule has 0 unspecified atom stereocenters. The summed E-state index contributed by atoms with van der Waals surface area (Å²) in [6, 6.07) is 9.00. The number of nitrogens with one attached hydrogen (secondary N) is 1. The molecule has 1 amide bonds. The van der Waals surface area contributed by atoms with Crippen molar-refractivity contribution in [3.05, 3.63) is 63.7 Å². The van der Waals surface area contributed by atoms with Crippen molar-refractivity contribution >= 4 is 55.6 Å². The molecule has 0 atom stereocenters. The number of nitro benzene ring substituents is 1. The number of nitrogens with zero attached hydrogens (tertiary/aromatic N) is 4. The fourth-order valence-corrected chi connectivity index (χ4v) is 6.04. The van der Waals surface area contributed by atoms with Gasteiger partial charge >= 0.3 is 10.1 Å². The van der Waals surface area contributed by atoms with Crippen LogP contribution >= 0.6 is 11.8 Å². The molecule has 0 bridgehead atoms. The molecule has 4 rings (SSSR count). The lowest BCUT2D eigenvalue weighted by Crippen LogP contribution is -2.35. The van der Waals surface area contributed by atoms with Gasteiger partial charge in [-0.3, -0.25) is 20.3 Å². The first-order valence-corrected chi connectivity index (χ1v) is 14.7. The first kappa shape index (κ1) is 29.0. The Morgan fingerprint density at radius 1 is 1.12 bits per heavy atom. The van der Waals surface area contributed by atoms with Gasteiger partial charge in [0.25, 0.3) is 11.6 Å². The predicted octanol–water partition coefficient (Wildman–Crippen LogP) is 5.35. The third-order valence-electron chi connectivity index (χ3n) is 6.02. The summed E-state index contributed by atoms with van der Waals surface area (Å²) in [5.74, 6) is -0.934. The molecule has 12 nitrogen and oxygen atoms in total. The number of hydrogen-bond acceptors (Lipinski definition) is 10. The number of ether oxygens (including phenoxy) is 1. The monoisotopic (exact) mass is 585 g/mol. The number of aliphatic imine (C=N–C) groups is 1. The fraction of sp³-hybridized carbons (Fsp3) is 0.308. The molecule has 2 aliphatic rings. The van der Waals surface area contributed by atoms with Crippen molar-refractivity contribution in [2.24, 2.45) is 10.1 Å². The molecule has 0 spiro atoms. The number of rotatable bonds is 12. The molecule has 0 aromatic heterocycles. The topological polar surface area (TPSA) is 165 Å². The molecular formula is C26H27N5O7S2. The Morgan fingerprint density at radius 3 is 2.60 bits per heavy atom. The van der Waals surface area contributed by atoms with Crippen LogP contribution in [-0.2, 0) is 14.9 Å². The number of unbranched alkanes of at least 4 members (excludes halogenated alkanes) is 4. The van der Waals surface area contributed by atoms with Gasteiger partial charge in [0.15, 0.2) is 22.2 Å². The summed E-state index contributed by atoms with van der Waals surface area (Å²) in [6.07, 6.45) is 7.74. The summed E-state index contributed by atoms with van der Waals surface area (Å²) in [6.45, 7) is 2.16. The van der Waals surface area contributed by atoms with E-state index in [1.165, 1.54) is 66.7 Å². The lowest BCUT2D eigenvalue weighted by Gasteiger charge is -2.20. The van der Waals surface area contributed by atoms with Gasteiger partial charge in [0.05, 0.1) is 17.6 Å². The Hall–Kier alpha value is -4.04. The first-order valence-electron chi connectivity index (χ1n) is 12.5. The van der Waals surface area contributed by atoms with Crippen molar-refractivity contribution in [1.29, 1.82) is 5.41 Å². The maximum absolute atomic E-state index is 12.8. The van der Waals surface area contributed by atoms with Gasteiger partial charge in [-0.25, -0.2) is 0 Å². The number of para-hydroxylation sites is 1. The Kier molecular flexibility index (Phi) is 9.00. The average molecular weight is 586 g/mol. The lowest BCUT2D eigenvalue weighted by atomic mass is 10.1. The number of hydrazone groups is 1. The summed E-state index contributed by atoms with van der Waals surface area (Å²) in [5, 5.41) is 26.8. The van der Waals surface area contributed by atoms with E-state index < -0.39 is 31.5 Å². The molecule has 40 heavy (non-hydrogen) atoms. The van der Waals surface area contributed by atoms with Gasteiger partial charge in [-0.05, 0) is 54.4 Å². The molecule has 0 aliphatic carbocycles. The van der Waals surface area contributed by atoms with E-state index >= 15 is 0 Å². The van der Waals surface area contributed by atoms with Gasteiger partial charge in [0, 0.05) is 6.07 Å². The third kappa shape index (κ3) is 6.39. The molecule has 0 saturated carbocycles. The Bertz CT molecular complexity index is 1550. The minimum Gasteiger partial charge on any atom is -0.493 e. The van der Waals surface area contributed by atoms with Crippen LogP contribution in [0.5, 0.6) is 11.5 Å². The van der Waals surface area contributed by atoms with E-state index in [-0.39, 0.29) is 22.9 Å². The quantitative estimate of drug-likeness (QED) is 0.114. The summed E-state index contributed by atoms with van der Waals surface area (Å²) in [7, 11) is -3.28. The number of carbonyl (C=O) groups excluding carboxylic acids is 1. The third-order valence-corrected chi connectivity index (χ3v) is 8.27. The number of nitro groups is 1. The number of methoxy groups -OCH3 is 1. The second kappa shape index (κ2) is 12.4. The van der Waals surface area contributed by atoms with Crippen molar-refractivity contribution in [2.45, 2.75) is 50.3 Å². The standard InChI is InChI=1S/C26H27N5O7S2/c1-3-4-5-6-7-12-23-29-30-24(27)18(25(32)28-26(30)39-23)15-17-13-14-20(21(16-17)37-2)38-40(35,36)22-11-9-8-10-19(22)31(33)34/h8-11,13-16,27H,3-7,12H2,1-2H3/b18-15-,27-24?. The molecule has 210 valence electrons. The predicted molar refractivity (Wildman–Crippen MR) is 152 cm³/mol. The maximum Gasteiger partial charge on any atom is 0.346 e. The molecule has 0 radical (unpaired) electrons. The van der Waals surface area contributed by atoms with E-state index in [0.717, 1.165) is 49.3 Å². The van der Waals surface area contributed by atoms with Crippen LogP contribution in [0.3, 0.4) is 0 Å². The van der Waals surface area contributed by atoms with Crippen LogP contribution in [0.4, 0.5) is 5.69 Å². The van der Waals surface area contributed by atoms with E-state index in [1.54, 1.807) is 0 Å². The largest absolute Gasteiger partial charge is 0.493 e. The molecule has 2 aromatic carbocycles. The molecule has 2 aromatic rings. The van der Waals surface area contributed by atoms with Crippen molar-refractivity contribution in [2.75, 3.05) is 7.11 Å². The zero-order valence-corrected chi connectivity index (χ0v) is 23.5. The summed E-state index contributed by atoms with van der Waals surface area (Å²) in [5.41, 5.74) is -0.217. The number of amides is 1. The Labute approximate surface area is 235 Å². The van der Waals surface area contributed by atoms with E-state index in [1.807, 2.05) is 0 Å². The number of benzene rings is 2. The van der Waals surface area contributed by atoms with Gasteiger partial charge in [0.1, 0.15) is 5.04 Å². The average Bonchev–Trinajstić information content (AvgIpc) is 3.34. The molecular weight excluding hydrogens is 558 g/mol. The second-order valence-corrected chi connectivity index (χ2v) is 11.4. The Balaban J connectivity index is 1.54. The van der Waals surface area contributed by atoms with E-state index in [4.69, 9.17) is 14.3 Å².